The lowest BCUT2D eigenvalue weighted by atomic mass is 10.1. The number of pyridine rings is 1. The fraction of sp³-hybridized carbons (Fsp3) is 0.0938. The molecule has 6 rings (SSSR count). The number of ether oxygens (including phenoxy) is 3. The van der Waals surface area contributed by atoms with Crippen LogP contribution < -0.4 is 24.0 Å². The second-order valence-corrected chi connectivity index (χ2v) is 9.25. The van der Waals surface area contributed by atoms with Gasteiger partial charge in [0.2, 0.25) is 0 Å². The highest BCUT2D eigenvalue weighted by Crippen LogP contribution is 2.38. The van der Waals surface area contributed by atoms with E-state index in [0.29, 0.717) is 40.4 Å². The molecule has 1 aliphatic heterocycles. The Hall–Kier alpha value is -5.44. The number of rotatable bonds is 8. The van der Waals surface area contributed by atoms with Gasteiger partial charge in [-0.25, -0.2) is 14.1 Å². The van der Waals surface area contributed by atoms with Crippen LogP contribution in [0.5, 0.6) is 23.0 Å². The van der Waals surface area contributed by atoms with Gasteiger partial charge in [0.25, 0.3) is 5.91 Å². The molecule has 0 atom stereocenters. The van der Waals surface area contributed by atoms with Gasteiger partial charge in [-0.1, -0.05) is 48.5 Å². The van der Waals surface area contributed by atoms with E-state index in [-0.39, 0.29) is 18.0 Å². The fourth-order valence-corrected chi connectivity index (χ4v) is 4.62. The predicted octanol–water partition coefficient (Wildman–Crippen LogP) is 6.73. The molecule has 4 aromatic carbocycles. The molecule has 1 fully saturated rings. The van der Waals surface area contributed by atoms with Crippen molar-refractivity contribution in [3.05, 3.63) is 115 Å². The van der Waals surface area contributed by atoms with Crippen molar-refractivity contribution < 1.29 is 28.2 Å². The molecule has 3 amide bonds. The molecule has 9 heteroatoms. The lowest BCUT2D eigenvalue weighted by Crippen LogP contribution is -2.33. The number of aromatic nitrogens is 1. The number of carbonyl (C=O) groups is 2. The molecule has 5 aromatic rings. The third-order valence-electron chi connectivity index (χ3n) is 6.65. The molecule has 1 aliphatic rings. The van der Waals surface area contributed by atoms with Gasteiger partial charge in [0.1, 0.15) is 18.9 Å². The van der Waals surface area contributed by atoms with Crippen LogP contribution in [0.15, 0.2) is 103 Å². The van der Waals surface area contributed by atoms with Crippen LogP contribution in [0.4, 0.5) is 20.6 Å². The largest absolute Gasteiger partial charge is 0.493 e. The molecule has 204 valence electrons. The van der Waals surface area contributed by atoms with Gasteiger partial charge in [-0.15, -0.1) is 0 Å². The summed E-state index contributed by atoms with van der Waals surface area (Å²) in [7, 11) is 1.53. The predicted molar refractivity (Wildman–Crippen MR) is 152 cm³/mol. The average Bonchev–Trinajstić information content (AvgIpc) is 3.31. The lowest BCUT2D eigenvalue weighted by molar-refractivity contribution is -0.115. The van der Waals surface area contributed by atoms with E-state index in [1.165, 1.54) is 24.1 Å². The molecule has 0 radical (unpaired) electrons. The zero-order valence-corrected chi connectivity index (χ0v) is 22.0. The standard InChI is InChI=1S/C32H24FN3O5/c1-39-29-17-24-26(18-30(29)40-20-21-8-4-2-5-9-21)34-15-14-27(24)41-28-13-12-23(16-25(28)33)36-31(37)19-35(32(36)38)22-10-6-3-7-11-22/h2-18H,19-20H2,1H3. The number of para-hydroxylation sites is 1. The van der Waals surface area contributed by atoms with Crippen molar-refractivity contribution in [2.75, 3.05) is 23.5 Å². The molecule has 2 heterocycles. The third-order valence-corrected chi connectivity index (χ3v) is 6.65. The maximum absolute atomic E-state index is 15.3. The first kappa shape index (κ1) is 25.8. The number of hydrogen-bond donors (Lipinski definition) is 0. The van der Waals surface area contributed by atoms with E-state index in [1.807, 2.05) is 36.4 Å². The number of methoxy groups -OCH3 is 1. The fourth-order valence-electron chi connectivity index (χ4n) is 4.62. The van der Waals surface area contributed by atoms with Crippen LogP contribution in [0.25, 0.3) is 10.9 Å². The quantitative estimate of drug-likeness (QED) is 0.200. The normalized spacial score (nSPS) is 13.1. The van der Waals surface area contributed by atoms with Crippen molar-refractivity contribution >= 4 is 34.2 Å². The molecule has 0 bridgehead atoms. The number of carbonyl (C=O) groups excluding carboxylic acids is 2. The number of benzene rings is 4. The van der Waals surface area contributed by atoms with Gasteiger partial charge in [0.15, 0.2) is 23.1 Å². The number of anilines is 2. The Kier molecular flexibility index (Phi) is 6.91. The second kappa shape index (κ2) is 11.0. The second-order valence-electron chi connectivity index (χ2n) is 9.25. The Balaban J connectivity index is 1.24. The number of amides is 3. The third kappa shape index (κ3) is 5.12. The Bertz CT molecular complexity index is 1750. The van der Waals surface area contributed by atoms with Crippen LogP contribution in [0, 0.1) is 5.82 Å². The van der Waals surface area contributed by atoms with Gasteiger partial charge < -0.3 is 14.2 Å². The first-order valence-corrected chi connectivity index (χ1v) is 12.8. The van der Waals surface area contributed by atoms with Gasteiger partial charge in [-0.05, 0) is 42.0 Å². The van der Waals surface area contributed by atoms with Crippen LogP contribution in [0.1, 0.15) is 5.56 Å². The number of hydrogen-bond acceptors (Lipinski definition) is 6. The van der Waals surface area contributed by atoms with Gasteiger partial charge >= 0.3 is 6.03 Å². The van der Waals surface area contributed by atoms with Crippen LogP contribution in [0.3, 0.4) is 0 Å². The summed E-state index contributed by atoms with van der Waals surface area (Å²) in [6.07, 6.45) is 1.55. The smallest absolute Gasteiger partial charge is 0.336 e. The van der Waals surface area contributed by atoms with Crippen molar-refractivity contribution in [2.24, 2.45) is 0 Å². The summed E-state index contributed by atoms with van der Waals surface area (Å²) in [5.41, 5.74) is 2.27. The Morgan fingerprint density at radius 3 is 2.29 bits per heavy atom. The van der Waals surface area contributed by atoms with Crippen molar-refractivity contribution in [1.82, 2.24) is 4.98 Å². The molecule has 8 nitrogen and oxygen atoms in total. The molecule has 0 N–H and O–H groups in total. The SMILES string of the molecule is COc1cc2c(Oc3ccc(N4C(=O)CN(c5ccccc5)C4=O)cc3F)ccnc2cc1OCc1ccccc1. The van der Waals surface area contributed by atoms with Crippen molar-refractivity contribution in [1.29, 1.82) is 0 Å². The van der Waals surface area contributed by atoms with E-state index < -0.39 is 17.8 Å². The zero-order valence-electron chi connectivity index (χ0n) is 22.0. The maximum atomic E-state index is 15.3. The highest BCUT2D eigenvalue weighted by molar-refractivity contribution is 6.26. The van der Waals surface area contributed by atoms with E-state index >= 15 is 4.39 Å². The van der Waals surface area contributed by atoms with Crippen LogP contribution in [0.2, 0.25) is 0 Å². The molecular weight excluding hydrogens is 525 g/mol. The lowest BCUT2D eigenvalue weighted by Gasteiger charge is -2.18. The van der Waals surface area contributed by atoms with E-state index in [4.69, 9.17) is 14.2 Å². The van der Waals surface area contributed by atoms with Crippen molar-refractivity contribution in [3.8, 4) is 23.0 Å². The molecule has 0 saturated carbocycles. The highest BCUT2D eigenvalue weighted by Gasteiger charge is 2.38. The molecule has 1 saturated heterocycles. The minimum atomic E-state index is -0.735. The number of urea groups is 1. The minimum absolute atomic E-state index is 0.0800. The summed E-state index contributed by atoms with van der Waals surface area (Å²) in [5.74, 6) is 0.0527. The summed E-state index contributed by atoms with van der Waals surface area (Å²) in [6, 6.07) is 27.1. The van der Waals surface area contributed by atoms with E-state index in [0.717, 1.165) is 16.5 Å². The van der Waals surface area contributed by atoms with Gasteiger partial charge in [0, 0.05) is 29.4 Å². The molecule has 0 spiro atoms. The van der Waals surface area contributed by atoms with Crippen LogP contribution in [-0.2, 0) is 11.4 Å². The Morgan fingerprint density at radius 1 is 0.805 bits per heavy atom. The van der Waals surface area contributed by atoms with Crippen molar-refractivity contribution in [2.45, 2.75) is 6.61 Å². The van der Waals surface area contributed by atoms with Gasteiger partial charge in [-0.3, -0.25) is 14.7 Å². The van der Waals surface area contributed by atoms with Gasteiger partial charge in [-0.2, -0.15) is 0 Å². The number of halogens is 1. The number of nitrogens with zero attached hydrogens (tertiary/aromatic N) is 3. The average molecular weight is 550 g/mol. The summed E-state index contributed by atoms with van der Waals surface area (Å²) in [4.78, 5) is 32.4. The molecule has 0 aliphatic carbocycles. The summed E-state index contributed by atoms with van der Waals surface area (Å²) >= 11 is 0. The maximum Gasteiger partial charge on any atom is 0.336 e. The first-order valence-electron chi connectivity index (χ1n) is 12.8. The van der Waals surface area contributed by atoms with E-state index in [1.54, 1.807) is 48.7 Å². The minimum Gasteiger partial charge on any atom is -0.493 e. The molecule has 41 heavy (non-hydrogen) atoms. The molecule has 1 aromatic heterocycles. The summed E-state index contributed by atoms with van der Waals surface area (Å²) in [6.45, 7) is 0.214. The highest BCUT2D eigenvalue weighted by atomic mass is 19.1. The van der Waals surface area contributed by atoms with E-state index in [2.05, 4.69) is 4.98 Å². The monoisotopic (exact) mass is 549 g/mol. The topological polar surface area (TPSA) is 81.2 Å². The zero-order chi connectivity index (χ0) is 28.3. The van der Waals surface area contributed by atoms with Crippen molar-refractivity contribution in [3.63, 3.8) is 0 Å². The molecular formula is C32H24FN3O5. The number of imide groups is 1. The van der Waals surface area contributed by atoms with Crippen LogP contribution in [-0.4, -0.2) is 30.6 Å². The Labute approximate surface area is 235 Å². The summed E-state index contributed by atoms with van der Waals surface area (Å²) < 4.78 is 32.8. The Morgan fingerprint density at radius 2 is 1.56 bits per heavy atom. The van der Waals surface area contributed by atoms with Gasteiger partial charge in [0.05, 0.1) is 18.3 Å². The van der Waals surface area contributed by atoms with Crippen LogP contribution >= 0.6 is 0 Å². The molecule has 0 unspecified atom stereocenters. The number of fused-ring (bicyclic) bond motifs is 1. The first-order chi connectivity index (χ1) is 20.0. The van der Waals surface area contributed by atoms with E-state index in [9.17, 15) is 9.59 Å². The summed E-state index contributed by atoms with van der Waals surface area (Å²) in [5, 5.41) is 0.586.